The van der Waals surface area contributed by atoms with Gasteiger partial charge in [0.25, 0.3) is 0 Å². The SMILES string of the molecule is CCOc1ccccc1C(=O)c1cccc(Br)c1F. The van der Waals surface area contributed by atoms with Crippen LogP contribution in [0.15, 0.2) is 46.9 Å². The van der Waals surface area contributed by atoms with Crippen molar-refractivity contribution < 1.29 is 13.9 Å². The Morgan fingerprint density at radius 1 is 1.16 bits per heavy atom. The van der Waals surface area contributed by atoms with Crippen LogP contribution in [0.3, 0.4) is 0 Å². The summed E-state index contributed by atoms with van der Waals surface area (Å²) in [5, 5.41) is 0. The van der Waals surface area contributed by atoms with E-state index in [9.17, 15) is 9.18 Å². The molecule has 0 amide bonds. The van der Waals surface area contributed by atoms with Gasteiger partial charge in [-0.15, -0.1) is 0 Å². The predicted octanol–water partition coefficient (Wildman–Crippen LogP) is 4.22. The van der Waals surface area contributed by atoms with Crippen molar-refractivity contribution in [1.82, 2.24) is 0 Å². The number of carbonyl (C=O) groups is 1. The first kappa shape index (κ1) is 13.7. The van der Waals surface area contributed by atoms with Gasteiger partial charge >= 0.3 is 0 Å². The highest BCUT2D eigenvalue weighted by Crippen LogP contribution is 2.25. The molecule has 0 spiro atoms. The highest BCUT2D eigenvalue weighted by molar-refractivity contribution is 9.10. The van der Waals surface area contributed by atoms with Gasteiger partial charge in [0, 0.05) is 0 Å². The molecule has 2 aromatic carbocycles. The van der Waals surface area contributed by atoms with Gasteiger partial charge in [-0.25, -0.2) is 4.39 Å². The Morgan fingerprint density at radius 3 is 2.58 bits per heavy atom. The number of carbonyl (C=O) groups excluding carboxylic acids is 1. The first-order valence-corrected chi connectivity index (χ1v) is 6.65. The monoisotopic (exact) mass is 322 g/mol. The van der Waals surface area contributed by atoms with Crippen LogP contribution < -0.4 is 4.74 Å². The predicted molar refractivity (Wildman–Crippen MR) is 75.1 cm³/mol. The summed E-state index contributed by atoms with van der Waals surface area (Å²) in [4.78, 5) is 12.4. The Labute approximate surface area is 119 Å². The fraction of sp³-hybridized carbons (Fsp3) is 0.133. The van der Waals surface area contributed by atoms with Gasteiger partial charge in [-0.2, -0.15) is 0 Å². The lowest BCUT2D eigenvalue weighted by Crippen LogP contribution is -2.07. The molecule has 0 fully saturated rings. The van der Waals surface area contributed by atoms with Crippen LogP contribution >= 0.6 is 15.9 Å². The van der Waals surface area contributed by atoms with E-state index >= 15 is 0 Å². The van der Waals surface area contributed by atoms with E-state index in [4.69, 9.17) is 4.74 Å². The summed E-state index contributed by atoms with van der Waals surface area (Å²) in [6, 6.07) is 11.5. The lowest BCUT2D eigenvalue weighted by molar-refractivity contribution is 0.103. The molecular formula is C15H12BrFO2. The maximum absolute atomic E-state index is 13.9. The van der Waals surface area contributed by atoms with Crippen molar-refractivity contribution >= 4 is 21.7 Å². The fourth-order valence-electron chi connectivity index (χ4n) is 1.76. The van der Waals surface area contributed by atoms with Crippen molar-refractivity contribution in [2.24, 2.45) is 0 Å². The molecule has 98 valence electrons. The second kappa shape index (κ2) is 5.97. The van der Waals surface area contributed by atoms with Gasteiger partial charge in [0.15, 0.2) is 5.78 Å². The third kappa shape index (κ3) is 2.84. The van der Waals surface area contributed by atoms with Gasteiger partial charge < -0.3 is 4.74 Å². The molecule has 0 atom stereocenters. The molecule has 0 radical (unpaired) electrons. The summed E-state index contributed by atoms with van der Waals surface area (Å²) in [6.45, 7) is 2.28. The average molecular weight is 323 g/mol. The highest BCUT2D eigenvalue weighted by Gasteiger charge is 2.18. The number of benzene rings is 2. The van der Waals surface area contributed by atoms with Gasteiger partial charge in [0.1, 0.15) is 11.6 Å². The normalized spacial score (nSPS) is 10.3. The molecular weight excluding hydrogens is 311 g/mol. The lowest BCUT2D eigenvalue weighted by Gasteiger charge is -2.10. The van der Waals surface area contributed by atoms with Gasteiger partial charge in [0.2, 0.25) is 0 Å². The molecule has 4 heteroatoms. The molecule has 2 rings (SSSR count). The second-order valence-electron chi connectivity index (χ2n) is 3.86. The van der Waals surface area contributed by atoms with Crippen molar-refractivity contribution in [1.29, 1.82) is 0 Å². The molecule has 0 bridgehead atoms. The average Bonchev–Trinajstić information content (AvgIpc) is 2.42. The molecule has 0 aromatic heterocycles. The molecule has 0 N–H and O–H groups in total. The number of para-hydroxylation sites is 1. The van der Waals surface area contributed by atoms with E-state index in [2.05, 4.69) is 15.9 Å². The Bertz CT molecular complexity index is 611. The van der Waals surface area contributed by atoms with Crippen LogP contribution in [-0.4, -0.2) is 12.4 Å². The van der Waals surface area contributed by atoms with E-state index in [-0.39, 0.29) is 15.8 Å². The zero-order valence-corrected chi connectivity index (χ0v) is 11.9. The smallest absolute Gasteiger partial charge is 0.199 e. The van der Waals surface area contributed by atoms with E-state index < -0.39 is 5.82 Å². The molecule has 0 saturated heterocycles. The molecule has 2 aromatic rings. The summed E-state index contributed by atoms with van der Waals surface area (Å²) in [6.07, 6.45) is 0. The van der Waals surface area contributed by atoms with E-state index in [1.807, 2.05) is 6.92 Å². The van der Waals surface area contributed by atoms with Crippen LogP contribution in [0.2, 0.25) is 0 Å². The summed E-state index contributed by atoms with van der Waals surface area (Å²) in [5.74, 6) is -0.476. The Kier molecular flexibility index (Phi) is 4.32. The van der Waals surface area contributed by atoms with Crippen LogP contribution in [0.5, 0.6) is 5.75 Å². The highest BCUT2D eigenvalue weighted by atomic mass is 79.9. The molecule has 19 heavy (non-hydrogen) atoms. The minimum atomic E-state index is -0.557. The van der Waals surface area contributed by atoms with Crippen LogP contribution in [0, 0.1) is 5.82 Å². The molecule has 0 aliphatic heterocycles. The molecule has 0 aliphatic carbocycles. The van der Waals surface area contributed by atoms with Crippen LogP contribution in [0.4, 0.5) is 4.39 Å². The van der Waals surface area contributed by atoms with Crippen molar-refractivity contribution in [3.8, 4) is 5.75 Å². The Morgan fingerprint density at radius 2 is 1.84 bits per heavy atom. The van der Waals surface area contributed by atoms with Gasteiger partial charge in [-0.1, -0.05) is 18.2 Å². The number of ketones is 1. The number of ether oxygens (including phenoxy) is 1. The summed E-state index contributed by atoms with van der Waals surface area (Å²) < 4.78 is 19.6. The van der Waals surface area contributed by atoms with Crippen molar-refractivity contribution in [3.63, 3.8) is 0 Å². The standard InChI is InChI=1S/C15H12BrFO2/c1-2-19-13-9-4-3-6-10(13)15(18)11-7-5-8-12(16)14(11)17/h3-9H,2H2,1H3. The zero-order chi connectivity index (χ0) is 13.8. The third-order valence-corrected chi connectivity index (χ3v) is 3.24. The third-order valence-electron chi connectivity index (χ3n) is 2.63. The number of hydrogen-bond donors (Lipinski definition) is 0. The van der Waals surface area contributed by atoms with Crippen molar-refractivity contribution in [2.45, 2.75) is 6.92 Å². The summed E-state index contributed by atoms with van der Waals surface area (Å²) >= 11 is 3.08. The first-order valence-electron chi connectivity index (χ1n) is 5.85. The zero-order valence-electron chi connectivity index (χ0n) is 10.3. The summed E-state index contributed by atoms with van der Waals surface area (Å²) in [7, 11) is 0. The largest absolute Gasteiger partial charge is 0.493 e. The molecule has 0 unspecified atom stereocenters. The minimum absolute atomic E-state index is 0.0292. The van der Waals surface area contributed by atoms with Crippen molar-refractivity contribution in [3.05, 3.63) is 63.9 Å². The number of hydrogen-bond acceptors (Lipinski definition) is 2. The van der Waals surface area contributed by atoms with Crippen molar-refractivity contribution in [2.75, 3.05) is 6.61 Å². The van der Waals surface area contributed by atoms with Crippen LogP contribution in [0.25, 0.3) is 0 Å². The van der Waals surface area contributed by atoms with Gasteiger partial charge in [0.05, 0.1) is 22.2 Å². The van der Waals surface area contributed by atoms with Crippen LogP contribution in [0.1, 0.15) is 22.8 Å². The molecule has 0 aliphatic rings. The number of rotatable bonds is 4. The van der Waals surface area contributed by atoms with Gasteiger partial charge in [-0.05, 0) is 47.1 Å². The molecule has 0 saturated carbocycles. The fourth-order valence-corrected chi connectivity index (χ4v) is 2.13. The van der Waals surface area contributed by atoms with E-state index in [0.717, 1.165) is 0 Å². The lowest BCUT2D eigenvalue weighted by atomic mass is 10.0. The Hall–Kier alpha value is -1.68. The minimum Gasteiger partial charge on any atom is -0.493 e. The molecule has 0 heterocycles. The number of halogens is 2. The summed E-state index contributed by atoms with van der Waals surface area (Å²) in [5.41, 5.74) is 0.392. The maximum Gasteiger partial charge on any atom is 0.199 e. The van der Waals surface area contributed by atoms with Gasteiger partial charge in [-0.3, -0.25) is 4.79 Å². The Balaban J connectivity index is 2.47. The van der Waals surface area contributed by atoms with E-state index in [1.54, 1.807) is 36.4 Å². The van der Waals surface area contributed by atoms with E-state index in [1.165, 1.54) is 6.07 Å². The molecule has 2 nitrogen and oxygen atoms in total. The topological polar surface area (TPSA) is 26.3 Å². The van der Waals surface area contributed by atoms with Crippen LogP contribution in [-0.2, 0) is 0 Å². The quantitative estimate of drug-likeness (QED) is 0.788. The maximum atomic E-state index is 13.9. The first-order chi connectivity index (χ1) is 9.15. The second-order valence-corrected chi connectivity index (χ2v) is 4.71. The van der Waals surface area contributed by atoms with E-state index in [0.29, 0.717) is 17.9 Å².